The number of rotatable bonds is 5. The van der Waals surface area contributed by atoms with Gasteiger partial charge in [0.15, 0.2) is 0 Å². The lowest BCUT2D eigenvalue weighted by Crippen LogP contribution is -2.01. The van der Waals surface area contributed by atoms with E-state index in [1.165, 1.54) is 11.1 Å². The van der Waals surface area contributed by atoms with Crippen molar-refractivity contribution in [1.29, 1.82) is 5.26 Å². The molecule has 0 atom stereocenters. The van der Waals surface area contributed by atoms with Crippen LogP contribution in [0.25, 0.3) is 5.69 Å². The van der Waals surface area contributed by atoms with E-state index in [1.54, 1.807) is 12.3 Å². The van der Waals surface area contributed by atoms with Gasteiger partial charge in [-0.15, -0.1) is 0 Å². The van der Waals surface area contributed by atoms with Crippen LogP contribution in [-0.2, 0) is 11.4 Å². The average Bonchev–Trinajstić information content (AvgIpc) is 3.07. The molecule has 0 fully saturated rings. The number of nitrogens with zero attached hydrogens (tertiary/aromatic N) is 3. The molecule has 0 aliphatic heterocycles. The molecule has 1 heterocycles. The van der Waals surface area contributed by atoms with Crippen molar-refractivity contribution in [2.45, 2.75) is 20.5 Å². The molecule has 3 aromatic rings. The van der Waals surface area contributed by atoms with Gasteiger partial charge in [0.1, 0.15) is 6.61 Å². The predicted octanol–water partition coefficient (Wildman–Crippen LogP) is 4.52. The van der Waals surface area contributed by atoms with E-state index in [9.17, 15) is 0 Å². The molecular weight excluding hydrogens is 310 g/mol. The molecule has 0 N–H and O–H groups in total. The molecule has 0 saturated heterocycles. The summed E-state index contributed by atoms with van der Waals surface area (Å²) in [6, 6.07) is 19.8. The first-order valence-corrected chi connectivity index (χ1v) is 8.07. The topological polar surface area (TPSA) is 50.3 Å². The Kier molecular flexibility index (Phi) is 4.96. The Morgan fingerprint density at radius 2 is 1.96 bits per heavy atom. The summed E-state index contributed by atoms with van der Waals surface area (Å²) in [7, 11) is 0. The minimum atomic E-state index is 0.268. The van der Waals surface area contributed by atoms with Crippen LogP contribution in [0.3, 0.4) is 0 Å². The van der Waals surface area contributed by atoms with E-state index in [4.69, 9.17) is 10.1 Å². The molecule has 0 amide bonds. The molecule has 0 radical (unpaired) electrons. The highest BCUT2D eigenvalue weighted by molar-refractivity contribution is 5.78. The third-order valence-corrected chi connectivity index (χ3v) is 4.01. The fourth-order valence-corrected chi connectivity index (χ4v) is 2.75. The van der Waals surface area contributed by atoms with E-state index in [0.29, 0.717) is 5.56 Å². The molecule has 0 spiro atoms. The van der Waals surface area contributed by atoms with Gasteiger partial charge >= 0.3 is 0 Å². The smallest absolute Gasteiger partial charge is 0.143 e. The van der Waals surface area contributed by atoms with Crippen LogP contribution in [0.5, 0.6) is 0 Å². The maximum atomic E-state index is 9.09. The molecule has 25 heavy (non-hydrogen) atoms. The molecule has 0 bridgehead atoms. The molecule has 124 valence electrons. The molecule has 0 saturated carbocycles. The summed E-state index contributed by atoms with van der Waals surface area (Å²) in [5.41, 5.74) is 5.92. The maximum Gasteiger partial charge on any atom is 0.143 e. The molecule has 2 aromatic carbocycles. The van der Waals surface area contributed by atoms with Crippen LogP contribution in [0.1, 0.15) is 27.9 Å². The van der Waals surface area contributed by atoms with Crippen molar-refractivity contribution in [3.8, 4) is 11.8 Å². The molecule has 0 aliphatic rings. The first-order chi connectivity index (χ1) is 12.2. The van der Waals surface area contributed by atoms with Crippen molar-refractivity contribution in [2.24, 2.45) is 5.16 Å². The average molecular weight is 329 g/mol. The van der Waals surface area contributed by atoms with Gasteiger partial charge in [-0.25, -0.2) is 0 Å². The quantitative estimate of drug-likeness (QED) is 0.510. The predicted molar refractivity (Wildman–Crippen MR) is 98.8 cm³/mol. The van der Waals surface area contributed by atoms with E-state index in [0.717, 1.165) is 16.9 Å². The van der Waals surface area contributed by atoms with Crippen molar-refractivity contribution in [3.63, 3.8) is 0 Å². The monoisotopic (exact) mass is 329 g/mol. The number of aromatic nitrogens is 1. The fourth-order valence-electron chi connectivity index (χ4n) is 2.75. The summed E-state index contributed by atoms with van der Waals surface area (Å²) in [6.07, 6.45) is 3.69. The number of nitriles is 1. The highest BCUT2D eigenvalue weighted by atomic mass is 16.6. The molecule has 1 aromatic heterocycles. The zero-order valence-corrected chi connectivity index (χ0v) is 14.3. The Balaban J connectivity index is 1.73. The van der Waals surface area contributed by atoms with E-state index in [2.05, 4.69) is 47.8 Å². The summed E-state index contributed by atoms with van der Waals surface area (Å²) in [5, 5.41) is 13.1. The van der Waals surface area contributed by atoms with Gasteiger partial charge in [-0.1, -0.05) is 41.1 Å². The zero-order valence-electron chi connectivity index (χ0n) is 14.3. The zero-order chi connectivity index (χ0) is 17.6. The first kappa shape index (κ1) is 16.5. The Bertz CT molecular complexity index is 948. The molecule has 4 heteroatoms. The number of aryl methyl sites for hydroxylation is 2. The van der Waals surface area contributed by atoms with Crippen molar-refractivity contribution in [1.82, 2.24) is 4.57 Å². The standard InChI is InChI=1S/C21H19N3O/c1-16-9-10-21(17(2)12-16)24-11-5-8-20(24)14-23-25-15-19-7-4-3-6-18(19)13-22/h3-12,14H,15H2,1-2H3/b23-14-. The highest BCUT2D eigenvalue weighted by Gasteiger charge is 2.05. The molecular formula is C21H19N3O. The van der Waals surface area contributed by atoms with E-state index < -0.39 is 0 Å². The SMILES string of the molecule is Cc1ccc(-n2cccc2/C=N\OCc2ccccc2C#N)c(C)c1. The van der Waals surface area contributed by atoms with Crippen LogP contribution in [0.15, 0.2) is 65.9 Å². The number of benzene rings is 2. The fraction of sp³-hybridized carbons (Fsp3) is 0.143. The van der Waals surface area contributed by atoms with Crippen LogP contribution in [-0.4, -0.2) is 10.8 Å². The van der Waals surface area contributed by atoms with Gasteiger partial charge in [-0.05, 0) is 43.7 Å². The number of hydrogen-bond donors (Lipinski definition) is 0. The van der Waals surface area contributed by atoms with Gasteiger partial charge in [-0.2, -0.15) is 5.26 Å². The van der Waals surface area contributed by atoms with Crippen LogP contribution in [0, 0.1) is 25.2 Å². The molecule has 0 aliphatic carbocycles. The Morgan fingerprint density at radius 3 is 2.76 bits per heavy atom. The van der Waals surface area contributed by atoms with Gasteiger partial charge in [0.05, 0.1) is 23.5 Å². The minimum Gasteiger partial charge on any atom is -0.391 e. The molecule has 0 unspecified atom stereocenters. The van der Waals surface area contributed by atoms with Crippen LogP contribution < -0.4 is 0 Å². The minimum absolute atomic E-state index is 0.268. The lowest BCUT2D eigenvalue weighted by atomic mass is 10.1. The first-order valence-electron chi connectivity index (χ1n) is 8.07. The second-order valence-corrected chi connectivity index (χ2v) is 5.87. The van der Waals surface area contributed by atoms with Gasteiger partial charge < -0.3 is 9.40 Å². The van der Waals surface area contributed by atoms with Crippen molar-refractivity contribution >= 4 is 6.21 Å². The van der Waals surface area contributed by atoms with Crippen LogP contribution in [0.4, 0.5) is 0 Å². The normalized spacial score (nSPS) is 10.8. The van der Waals surface area contributed by atoms with Crippen molar-refractivity contribution in [3.05, 3.63) is 88.7 Å². The number of hydrogen-bond acceptors (Lipinski definition) is 3. The van der Waals surface area contributed by atoms with Crippen molar-refractivity contribution in [2.75, 3.05) is 0 Å². The van der Waals surface area contributed by atoms with Gasteiger partial charge in [0, 0.05) is 17.4 Å². The summed E-state index contributed by atoms with van der Waals surface area (Å²) in [4.78, 5) is 5.38. The largest absolute Gasteiger partial charge is 0.391 e. The summed E-state index contributed by atoms with van der Waals surface area (Å²) >= 11 is 0. The molecule has 3 rings (SSSR count). The Morgan fingerprint density at radius 1 is 1.12 bits per heavy atom. The third-order valence-electron chi connectivity index (χ3n) is 4.01. The maximum absolute atomic E-state index is 9.09. The van der Waals surface area contributed by atoms with E-state index in [1.807, 2.05) is 36.5 Å². The lowest BCUT2D eigenvalue weighted by molar-refractivity contribution is 0.132. The van der Waals surface area contributed by atoms with Crippen molar-refractivity contribution < 1.29 is 4.84 Å². The Labute approximate surface area is 147 Å². The molecule has 4 nitrogen and oxygen atoms in total. The number of oxime groups is 1. The second-order valence-electron chi connectivity index (χ2n) is 5.87. The van der Waals surface area contributed by atoms with Gasteiger partial charge in [0.2, 0.25) is 0 Å². The summed E-state index contributed by atoms with van der Waals surface area (Å²) < 4.78 is 2.07. The third kappa shape index (κ3) is 3.78. The highest BCUT2D eigenvalue weighted by Crippen LogP contribution is 2.18. The Hall–Kier alpha value is -3.32. The van der Waals surface area contributed by atoms with Crippen LogP contribution in [0.2, 0.25) is 0 Å². The van der Waals surface area contributed by atoms with E-state index >= 15 is 0 Å². The van der Waals surface area contributed by atoms with Crippen LogP contribution >= 0.6 is 0 Å². The summed E-state index contributed by atoms with van der Waals surface area (Å²) in [5.74, 6) is 0. The van der Waals surface area contributed by atoms with Gasteiger partial charge in [0.25, 0.3) is 0 Å². The van der Waals surface area contributed by atoms with Gasteiger partial charge in [-0.3, -0.25) is 0 Å². The summed E-state index contributed by atoms with van der Waals surface area (Å²) in [6.45, 7) is 4.45. The lowest BCUT2D eigenvalue weighted by Gasteiger charge is -2.10. The second kappa shape index (κ2) is 7.50. The van der Waals surface area contributed by atoms with E-state index in [-0.39, 0.29) is 6.61 Å².